The van der Waals surface area contributed by atoms with Crippen LogP contribution in [0.3, 0.4) is 0 Å². The van der Waals surface area contributed by atoms with Crippen LogP contribution in [0.5, 0.6) is 11.5 Å². The summed E-state index contributed by atoms with van der Waals surface area (Å²) in [4.78, 5) is 25.7. The highest BCUT2D eigenvalue weighted by atomic mass is 32.1. The van der Waals surface area contributed by atoms with Gasteiger partial charge in [0.1, 0.15) is 23.0 Å². The second-order valence-corrected chi connectivity index (χ2v) is 7.30. The normalized spacial score (nSPS) is 11.8. The first-order valence-corrected chi connectivity index (χ1v) is 9.68. The van der Waals surface area contributed by atoms with E-state index in [4.69, 9.17) is 9.47 Å². The number of para-hydroxylation sites is 3. The van der Waals surface area contributed by atoms with E-state index >= 15 is 0 Å². The van der Waals surface area contributed by atoms with E-state index in [1.54, 1.807) is 12.1 Å². The summed E-state index contributed by atoms with van der Waals surface area (Å²) in [5.74, 6) is -0.768. The smallest absolute Gasteiger partial charge is 0.387 e. The monoisotopic (exact) mass is 431 g/mol. The quantitative estimate of drug-likeness (QED) is 0.573. The van der Waals surface area contributed by atoms with Gasteiger partial charge in [-0.05, 0) is 30.3 Å². The maximum absolute atomic E-state index is 12.5. The molecule has 1 aliphatic rings. The zero-order valence-electron chi connectivity index (χ0n) is 15.4. The van der Waals surface area contributed by atoms with Crippen LogP contribution in [0.1, 0.15) is 15.2 Å². The zero-order valence-corrected chi connectivity index (χ0v) is 16.2. The first-order chi connectivity index (χ1) is 14.5. The molecule has 0 bridgehead atoms. The van der Waals surface area contributed by atoms with Crippen LogP contribution in [-0.4, -0.2) is 25.1 Å². The highest BCUT2D eigenvalue weighted by Crippen LogP contribution is 2.42. The van der Waals surface area contributed by atoms with E-state index in [0.717, 1.165) is 21.8 Å². The van der Waals surface area contributed by atoms with Crippen molar-refractivity contribution in [1.82, 2.24) is 0 Å². The van der Waals surface area contributed by atoms with E-state index in [1.807, 2.05) is 24.3 Å². The molecule has 3 aromatic rings. The molecule has 0 saturated heterocycles. The van der Waals surface area contributed by atoms with Gasteiger partial charge in [0, 0.05) is 16.0 Å². The summed E-state index contributed by atoms with van der Waals surface area (Å²) in [6.45, 7) is -3.26. The van der Waals surface area contributed by atoms with Crippen LogP contribution in [-0.2, 0) is 16.1 Å². The number of amides is 1. The Balaban J connectivity index is 1.39. The number of hydrogen-bond acceptors (Lipinski definition) is 6. The molecule has 0 aliphatic carbocycles. The molecule has 1 N–H and O–H groups in total. The number of anilines is 1. The van der Waals surface area contributed by atoms with Gasteiger partial charge in [-0.1, -0.05) is 24.3 Å². The fraction of sp³-hybridized carbons (Fsp3) is 0.143. The SMILES string of the molecule is O=C(COC(=O)c1cc2c(s1)-c1ccccc1OC2)Nc1ccccc1OC(F)F. The number of benzene rings is 2. The molecular weight excluding hydrogens is 416 g/mol. The first kappa shape index (κ1) is 19.8. The standard InChI is InChI=1S/C21H15F2NO5S/c22-21(23)29-16-8-4-2-6-14(16)24-18(25)11-28-20(26)17-9-12-10-27-15-7-3-1-5-13(15)19(12)30-17/h1-9,21H,10-11H2,(H,24,25). The molecule has 0 spiro atoms. The Labute approximate surface area is 174 Å². The number of carbonyl (C=O) groups excluding carboxylic acids is 2. The van der Waals surface area contributed by atoms with Gasteiger partial charge in [-0.15, -0.1) is 11.3 Å². The summed E-state index contributed by atoms with van der Waals surface area (Å²) < 4.78 is 40.0. The summed E-state index contributed by atoms with van der Waals surface area (Å²) in [5.41, 5.74) is 1.82. The van der Waals surface area contributed by atoms with Crippen molar-refractivity contribution in [3.05, 3.63) is 65.0 Å². The fourth-order valence-electron chi connectivity index (χ4n) is 2.96. The second-order valence-electron chi connectivity index (χ2n) is 6.25. The van der Waals surface area contributed by atoms with Gasteiger partial charge in [-0.25, -0.2) is 4.79 Å². The van der Waals surface area contributed by atoms with Crippen LogP contribution < -0.4 is 14.8 Å². The van der Waals surface area contributed by atoms with Crippen molar-refractivity contribution in [3.63, 3.8) is 0 Å². The maximum Gasteiger partial charge on any atom is 0.387 e. The largest absolute Gasteiger partial charge is 0.488 e. The molecule has 1 aliphatic heterocycles. The number of halogens is 2. The number of carbonyl (C=O) groups is 2. The average Bonchev–Trinajstić information content (AvgIpc) is 3.18. The molecule has 154 valence electrons. The molecule has 9 heteroatoms. The molecule has 1 amide bonds. The van der Waals surface area contributed by atoms with E-state index in [0.29, 0.717) is 11.5 Å². The van der Waals surface area contributed by atoms with E-state index in [1.165, 1.54) is 29.5 Å². The zero-order chi connectivity index (χ0) is 21.1. The number of esters is 1. The number of ether oxygens (including phenoxy) is 3. The molecule has 0 atom stereocenters. The summed E-state index contributed by atoms with van der Waals surface area (Å²) in [7, 11) is 0. The van der Waals surface area contributed by atoms with Crippen molar-refractivity contribution in [1.29, 1.82) is 0 Å². The van der Waals surface area contributed by atoms with Gasteiger partial charge >= 0.3 is 12.6 Å². The summed E-state index contributed by atoms with van der Waals surface area (Å²) in [6.07, 6.45) is 0. The Morgan fingerprint density at radius 2 is 1.90 bits per heavy atom. The number of alkyl halides is 2. The van der Waals surface area contributed by atoms with Crippen LogP contribution in [0, 0.1) is 0 Å². The Kier molecular flexibility index (Phi) is 5.62. The minimum absolute atomic E-state index is 0.0548. The molecule has 0 radical (unpaired) electrons. The lowest BCUT2D eigenvalue weighted by molar-refractivity contribution is -0.119. The van der Waals surface area contributed by atoms with Gasteiger partial charge < -0.3 is 19.5 Å². The van der Waals surface area contributed by atoms with E-state index in [9.17, 15) is 18.4 Å². The van der Waals surface area contributed by atoms with E-state index in [2.05, 4.69) is 10.1 Å². The number of fused-ring (bicyclic) bond motifs is 3. The van der Waals surface area contributed by atoms with Crippen LogP contribution in [0.2, 0.25) is 0 Å². The lowest BCUT2D eigenvalue weighted by Gasteiger charge is -2.16. The van der Waals surface area contributed by atoms with Gasteiger partial charge in [0.05, 0.1) is 5.69 Å². The summed E-state index contributed by atoms with van der Waals surface area (Å²) >= 11 is 1.26. The van der Waals surface area contributed by atoms with Crippen molar-refractivity contribution >= 4 is 28.9 Å². The van der Waals surface area contributed by atoms with Gasteiger partial charge in [0.2, 0.25) is 0 Å². The third-order valence-electron chi connectivity index (χ3n) is 4.24. The Bertz CT molecular complexity index is 1100. The lowest BCUT2D eigenvalue weighted by atomic mass is 10.1. The minimum atomic E-state index is -3.03. The maximum atomic E-state index is 12.5. The average molecular weight is 431 g/mol. The Hall–Kier alpha value is -3.46. The van der Waals surface area contributed by atoms with Gasteiger partial charge in [-0.3, -0.25) is 4.79 Å². The number of nitrogens with one attached hydrogen (secondary N) is 1. The van der Waals surface area contributed by atoms with E-state index < -0.39 is 25.1 Å². The Morgan fingerprint density at radius 3 is 2.73 bits per heavy atom. The van der Waals surface area contributed by atoms with Crippen molar-refractivity contribution in [3.8, 4) is 21.9 Å². The van der Waals surface area contributed by atoms with Crippen LogP contribution in [0.15, 0.2) is 54.6 Å². The van der Waals surface area contributed by atoms with Gasteiger partial charge in [-0.2, -0.15) is 8.78 Å². The minimum Gasteiger partial charge on any atom is -0.488 e. The molecule has 0 unspecified atom stereocenters. The number of hydrogen-bond donors (Lipinski definition) is 1. The predicted octanol–water partition coefficient (Wildman–Crippen LogP) is 4.70. The predicted molar refractivity (Wildman–Crippen MR) is 106 cm³/mol. The van der Waals surface area contributed by atoms with Crippen LogP contribution >= 0.6 is 11.3 Å². The molecule has 6 nitrogen and oxygen atoms in total. The van der Waals surface area contributed by atoms with Crippen molar-refractivity contribution in [2.75, 3.05) is 11.9 Å². The molecule has 2 heterocycles. The van der Waals surface area contributed by atoms with Crippen LogP contribution in [0.4, 0.5) is 14.5 Å². The molecule has 2 aromatic carbocycles. The van der Waals surface area contributed by atoms with E-state index in [-0.39, 0.29) is 11.4 Å². The van der Waals surface area contributed by atoms with Gasteiger partial charge in [0.15, 0.2) is 6.61 Å². The topological polar surface area (TPSA) is 73.9 Å². The molecule has 0 fully saturated rings. The molecule has 1 aromatic heterocycles. The molecular formula is C21H15F2NO5S. The lowest BCUT2D eigenvalue weighted by Crippen LogP contribution is -2.21. The Morgan fingerprint density at radius 1 is 1.13 bits per heavy atom. The molecule has 4 rings (SSSR count). The highest BCUT2D eigenvalue weighted by molar-refractivity contribution is 7.17. The third kappa shape index (κ3) is 4.25. The van der Waals surface area contributed by atoms with Crippen molar-refractivity contribution in [2.24, 2.45) is 0 Å². The van der Waals surface area contributed by atoms with Crippen molar-refractivity contribution in [2.45, 2.75) is 13.2 Å². The fourth-order valence-corrected chi connectivity index (χ4v) is 4.05. The number of rotatable bonds is 6. The van der Waals surface area contributed by atoms with Crippen molar-refractivity contribution < 1.29 is 32.6 Å². The summed E-state index contributed by atoms with van der Waals surface area (Å²) in [6, 6.07) is 14.9. The van der Waals surface area contributed by atoms with Crippen LogP contribution in [0.25, 0.3) is 10.4 Å². The third-order valence-corrected chi connectivity index (χ3v) is 5.43. The summed E-state index contributed by atoms with van der Waals surface area (Å²) in [5, 5.41) is 2.39. The number of thiophene rings is 1. The van der Waals surface area contributed by atoms with Gasteiger partial charge in [0.25, 0.3) is 5.91 Å². The molecule has 30 heavy (non-hydrogen) atoms. The first-order valence-electron chi connectivity index (χ1n) is 8.87. The molecule has 0 saturated carbocycles. The highest BCUT2D eigenvalue weighted by Gasteiger charge is 2.23. The second kappa shape index (κ2) is 8.50.